The zero-order chi connectivity index (χ0) is 10.3. The van der Waals surface area contributed by atoms with E-state index in [-0.39, 0.29) is 0 Å². The number of hydrogen-bond donors (Lipinski definition) is 2. The van der Waals surface area contributed by atoms with Gasteiger partial charge in [0.15, 0.2) is 0 Å². The summed E-state index contributed by atoms with van der Waals surface area (Å²) in [5.74, 6) is 0. The monoisotopic (exact) mass is 200 g/mol. The fourth-order valence-corrected chi connectivity index (χ4v) is 2.52. The van der Waals surface area contributed by atoms with E-state index in [1.165, 1.54) is 27.7 Å². The van der Waals surface area contributed by atoms with Crippen LogP contribution in [-0.2, 0) is 12.8 Å². The van der Waals surface area contributed by atoms with Crippen LogP contribution in [0.2, 0.25) is 0 Å². The molecule has 78 valence electrons. The number of nitrogens with one attached hydrogen (secondary N) is 2. The normalized spacial score (nSPS) is 16.3. The van der Waals surface area contributed by atoms with E-state index in [4.69, 9.17) is 0 Å². The third-order valence-corrected chi connectivity index (χ3v) is 3.34. The van der Waals surface area contributed by atoms with Crippen molar-refractivity contribution in [3.8, 4) is 0 Å². The van der Waals surface area contributed by atoms with Gasteiger partial charge in [-0.2, -0.15) is 0 Å². The van der Waals surface area contributed by atoms with Gasteiger partial charge in [-0.1, -0.05) is 18.2 Å². The SMILES string of the molecule is Cc1cccc2c3c([nH]c12)CCNCC3. The van der Waals surface area contributed by atoms with Crippen LogP contribution in [0.25, 0.3) is 10.9 Å². The third-order valence-electron chi connectivity index (χ3n) is 3.34. The Morgan fingerprint density at radius 2 is 2.00 bits per heavy atom. The number of aromatic nitrogens is 1. The molecule has 0 amide bonds. The van der Waals surface area contributed by atoms with E-state index in [2.05, 4.69) is 35.4 Å². The molecule has 1 aromatic heterocycles. The molecule has 2 aromatic rings. The lowest BCUT2D eigenvalue weighted by Crippen LogP contribution is -2.16. The molecule has 3 rings (SSSR count). The number of para-hydroxylation sites is 1. The minimum Gasteiger partial charge on any atom is -0.358 e. The molecule has 0 saturated heterocycles. The zero-order valence-electron chi connectivity index (χ0n) is 9.06. The first-order valence-corrected chi connectivity index (χ1v) is 5.66. The van der Waals surface area contributed by atoms with Gasteiger partial charge in [0.1, 0.15) is 0 Å². The second-order valence-corrected chi connectivity index (χ2v) is 4.33. The number of fused-ring (bicyclic) bond motifs is 3. The van der Waals surface area contributed by atoms with Crippen LogP contribution in [0.5, 0.6) is 0 Å². The highest BCUT2D eigenvalue weighted by atomic mass is 14.9. The summed E-state index contributed by atoms with van der Waals surface area (Å²) in [6.07, 6.45) is 2.28. The van der Waals surface area contributed by atoms with Gasteiger partial charge in [-0.15, -0.1) is 0 Å². The Hall–Kier alpha value is -1.28. The van der Waals surface area contributed by atoms with Gasteiger partial charge >= 0.3 is 0 Å². The fourth-order valence-electron chi connectivity index (χ4n) is 2.52. The molecule has 1 aliphatic heterocycles. The standard InChI is InChI=1S/C13H16N2/c1-9-3-2-4-11-10-5-7-14-8-6-12(10)15-13(9)11/h2-4,14-15H,5-8H2,1H3. The second-order valence-electron chi connectivity index (χ2n) is 4.33. The minimum atomic E-state index is 1.10. The van der Waals surface area contributed by atoms with Crippen molar-refractivity contribution in [2.75, 3.05) is 13.1 Å². The summed E-state index contributed by atoms with van der Waals surface area (Å²) >= 11 is 0. The molecule has 2 N–H and O–H groups in total. The van der Waals surface area contributed by atoms with Crippen molar-refractivity contribution in [3.05, 3.63) is 35.0 Å². The van der Waals surface area contributed by atoms with Crippen LogP contribution >= 0.6 is 0 Å². The molecule has 2 nitrogen and oxygen atoms in total. The molecular weight excluding hydrogens is 184 g/mol. The number of aryl methyl sites for hydroxylation is 1. The van der Waals surface area contributed by atoms with Crippen molar-refractivity contribution in [1.29, 1.82) is 0 Å². The quantitative estimate of drug-likeness (QED) is 0.670. The number of rotatable bonds is 0. The lowest BCUT2D eigenvalue weighted by Gasteiger charge is -1.99. The summed E-state index contributed by atoms with van der Waals surface area (Å²) in [5.41, 5.74) is 5.65. The van der Waals surface area contributed by atoms with Crippen molar-refractivity contribution >= 4 is 10.9 Å². The predicted octanol–water partition coefficient (Wildman–Crippen LogP) is 2.16. The molecule has 0 atom stereocenters. The Bertz CT molecular complexity index is 496. The first-order chi connectivity index (χ1) is 7.36. The van der Waals surface area contributed by atoms with Crippen molar-refractivity contribution < 1.29 is 0 Å². The molecule has 0 saturated carbocycles. The van der Waals surface area contributed by atoms with Crippen molar-refractivity contribution in [3.63, 3.8) is 0 Å². The Morgan fingerprint density at radius 1 is 1.13 bits per heavy atom. The maximum Gasteiger partial charge on any atom is 0.0488 e. The fraction of sp³-hybridized carbons (Fsp3) is 0.385. The van der Waals surface area contributed by atoms with Gasteiger partial charge in [0.2, 0.25) is 0 Å². The molecule has 1 aromatic carbocycles. The molecule has 15 heavy (non-hydrogen) atoms. The lowest BCUT2D eigenvalue weighted by atomic mass is 10.1. The summed E-state index contributed by atoms with van der Waals surface area (Å²) in [6.45, 7) is 4.38. The van der Waals surface area contributed by atoms with Gasteiger partial charge < -0.3 is 10.3 Å². The van der Waals surface area contributed by atoms with Gasteiger partial charge in [0.25, 0.3) is 0 Å². The van der Waals surface area contributed by atoms with Gasteiger partial charge in [-0.25, -0.2) is 0 Å². The van der Waals surface area contributed by atoms with Crippen LogP contribution in [0.3, 0.4) is 0 Å². The Balaban J connectivity index is 2.28. The van der Waals surface area contributed by atoms with Crippen LogP contribution in [-0.4, -0.2) is 18.1 Å². The third kappa shape index (κ3) is 1.37. The van der Waals surface area contributed by atoms with E-state index in [1.807, 2.05) is 0 Å². The van der Waals surface area contributed by atoms with Crippen molar-refractivity contribution in [2.24, 2.45) is 0 Å². The highest BCUT2D eigenvalue weighted by Gasteiger charge is 2.14. The maximum absolute atomic E-state index is 3.58. The molecule has 1 aliphatic rings. The van der Waals surface area contributed by atoms with Crippen molar-refractivity contribution in [2.45, 2.75) is 19.8 Å². The summed E-state index contributed by atoms with van der Waals surface area (Å²) in [6, 6.07) is 6.57. The largest absolute Gasteiger partial charge is 0.358 e. The van der Waals surface area contributed by atoms with E-state index in [1.54, 1.807) is 0 Å². The molecule has 0 bridgehead atoms. The Morgan fingerprint density at radius 3 is 2.93 bits per heavy atom. The van der Waals surface area contributed by atoms with E-state index < -0.39 is 0 Å². The Kier molecular flexibility index (Phi) is 2.03. The average molecular weight is 200 g/mol. The molecule has 0 radical (unpaired) electrons. The van der Waals surface area contributed by atoms with E-state index in [0.717, 1.165) is 25.9 Å². The molecular formula is C13H16N2. The Labute approximate surface area is 89.7 Å². The van der Waals surface area contributed by atoms with E-state index >= 15 is 0 Å². The van der Waals surface area contributed by atoms with Gasteiger partial charge in [-0.05, 0) is 31.0 Å². The highest BCUT2D eigenvalue weighted by molar-refractivity contribution is 5.87. The molecule has 2 heterocycles. The van der Waals surface area contributed by atoms with E-state index in [0.29, 0.717) is 0 Å². The van der Waals surface area contributed by atoms with Crippen LogP contribution < -0.4 is 5.32 Å². The topological polar surface area (TPSA) is 27.8 Å². The second kappa shape index (κ2) is 3.38. The summed E-state index contributed by atoms with van der Waals surface area (Å²) in [7, 11) is 0. The molecule has 0 spiro atoms. The first kappa shape index (κ1) is 8.98. The zero-order valence-corrected chi connectivity index (χ0v) is 9.06. The molecule has 2 heteroatoms. The summed E-state index contributed by atoms with van der Waals surface area (Å²) < 4.78 is 0. The highest BCUT2D eigenvalue weighted by Crippen LogP contribution is 2.26. The number of aromatic amines is 1. The van der Waals surface area contributed by atoms with Crippen LogP contribution in [0, 0.1) is 6.92 Å². The maximum atomic E-state index is 3.58. The predicted molar refractivity (Wildman–Crippen MR) is 63.3 cm³/mol. The first-order valence-electron chi connectivity index (χ1n) is 5.66. The van der Waals surface area contributed by atoms with Crippen molar-refractivity contribution in [1.82, 2.24) is 10.3 Å². The van der Waals surface area contributed by atoms with Crippen LogP contribution in [0.4, 0.5) is 0 Å². The number of H-pyrrole nitrogens is 1. The van der Waals surface area contributed by atoms with Gasteiger partial charge in [0.05, 0.1) is 0 Å². The van der Waals surface area contributed by atoms with Gasteiger partial charge in [0, 0.05) is 29.6 Å². The smallest absolute Gasteiger partial charge is 0.0488 e. The van der Waals surface area contributed by atoms with Gasteiger partial charge in [-0.3, -0.25) is 0 Å². The van der Waals surface area contributed by atoms with E-state index in [9.17, 15) is 0 Å². The van der Waals surface area contributed by atoms with Crippen LogP contribution in [0.15, 0.2) is 18.2 Å². The average Bonchev–Trinajstić information content (AvgIpc) is 2.45. The molecule has 0 unspecified atom stereocenters. The lowest BCUT2D eigenvalue weighted by molar-refractivity contribution is 0.708. The summed E-state index contributed by atoms with van der Waals surface area (Å²) in [4.78, 5) is 3.58. The molecule has 0 aliphatic carbocycles. The number of benzene rings is 1. The minimum absolute atomic E-state index is 1.10. The number of hydrogen-bond acceptors (Lipinski definition) is 1. The van der Waals surface area contributed by atoms with Crippen LogP contribution in [0.1, 0.15) is 16.8 Å². The summed E-state index contributed by atoms with van der Waals surface area (Å²) in [5, 5.41) is 4.86. The molecule has 0 fully saturated rings.